The summed E-state index contributed by atoms with van der Waals surface area (Å²) in [5.41, 5.74) is 1.96. The number of amides is 3. The SMILES string of the molecule is O=C1NC(c2ccccc2)(c2ccccc2)C(=O)N1CN1CCC(c2nc3ccccc3o2)CC1. The van der Waals surface area contributed by atoms with Gasteiger partial charge in [0.1, 0.15) is 5.52 Å². The van der Waals surface area contributed by atoms with Gasteiger partial charge in [-0.05, 0) is 36.1 Å². The van der Waals surface area contributed by atoms with Gasteiger partial charge in [0.15, 0.2) is 17.0 Å². The normalized spacial score (nSPS) is 18.8. The molecule has 1 aromatic heterocycles. The zero-order valence-electron chi connectivity index (χ0n) is 19.3. The maximum absolute atomic E-state index is 13.9. The first-order valence-corrected chi connectivity index (χ1v) is 12.0. The lowest BCUT2D eigenvalue weighted by atomic mass is 9.83. The Labute approximate surface area is 203 Å². The Kier molecular flexibility index (Phi) is 5.34. The summed E-state index contributed by atoms with van der Waals surface area (Å²) in [5.74, 6) is 0.753. The summed E-state index contributed by atoms with van der Waals surface area (Å²) in [4.78, 5) is 35.2. The number of para-hydroxylation sites is 2. The van der Waals surface area contributed by atoms with Crippen LogP contribution >= 0.6 is 0 Å². The molecule has 0 bridgehead atoms. The molecule has 2 saturated heterocycles. The van der Waals surface area contributed by atoms with E-state index in [2.05, 4.69) is 15.2 Å². The van der Waals surface area contributed by atoms with Crippen molar-refractivity contribution in [2.45, 2.75) is 24.3 Å². The van der Waals surface area contributed by atoms with Crippen LogP contribution in [-0.2, 0) is 10.3 Å². The lowest BCUT2D eigenvalue weighted by molar-refractivity contribution is -0.131. The minimum Gasteiger partial charge on any atom is -0.440 e. The summed E-state index contributed by atoms with van der Waals surface area (Å²) in [6, 6.07) is 26.3. The van der Waals surface area contributed by atoms with Gasteiger partial charge in [-0.2, -0.15) is 0 Å². The molecule has 0 spiro atoms. The summed E-state index contributed by atoms with van der Waals surface area (Å²) in [5, 5.41) is 3.02. The van der Waals surface area contributed by atoms with E-state index < -0.39 is 5.54 Å². The fourth-order valence-electron chi connectivity index (χ4n) is 5.22. The number of likely N-dealkylation sites (tertiary alicyclic amines) is 1. The van der Waals surface area contributed by atoms with Crippen LogP contribution in [0.25, 0.3) is 11.1 Å². The summed E-state index contributed by atoms with van der Waals surface area (Å²) in [6.45, 7) is 1.76. The van der Waals surface area contributed by atoms with Crippen LogP contribution in [0.3, 0.4) is 0 Å². The standard InChI is InChI=1S/C28H26N4O3/c33-26-28(21-9-3-1-4-10-21,22-11-5-2-6-12-22)30-27(34)32(26)19-31-17-15-20(16-18-31)25-29-23-13-7-8-14-24(23)35-25/h1-14,20H,15-19H2,(H,30,34). The summed E-state index contributed by atoms with van der Waals surface area (Å²) in [7, 11) is 0. The molecule has 176 valence electrons. The van der Waals surface area contributed by atoms with E-state index in [-0.39, 0.29) is 24.5 Å². The molecule has 3 aromatic carbocycles. The minimum absolute atomic E-state index is 0.231. The molecular weight excluding hydrogens is 440 g/mol. The molecular formula is C28H26N4O3. The number of hydrogen-bond acceptors (Lipinski definition) is 5. The average molecular weight is 467 g/mol. The zero-order chi connectivity index (χ0) is 23.8. The van der Waals surface area contributed by atoms with E-state index in [9.17, 15) is 9.59 Å². The highest BCUT2D eigenvalue weighted by Crippen LogP contribution is 2.37. The van der Waals surface area contributed by atoms with Crippen LogP contribution in [0.1, 0.15) is 35.8 Å². The van der Waals surface area contributed by atoms with Crippen LogP contribution in [0.2, 0.25) is 0 Å². The molecule has 6 rings (SSSR count). The third-order valence-electron chi connectivity index (χ3n) is 7.11. The number of fused-ring (bicyclic) bond motifs is 1. The highest BCUT2D eigenvalue weighted by Gasteiger charge is 2.54. The van der Waals surface area contributed by atoms with Crippen molar-refractivity contribution in [1.29, 1.82) is 0 Å². The van der Waals surface area contributed by atoms with Crippen molar-refractivity contribution in [3.05, 3.63) is 102 Å². The van der Waals surface area contributed by atoms with Gasteiger partial charge in [0, 0.05) is 19.0 Å². The van der Waals surface area contributed by atoms with E-state index in [1.54, 1.807) is 0 Å². The van der Waals surface area contributed by atoms with Gasteiger partial charge < -0.3 is 9.73 Å². The Morgan fingerprint density at radius 3 is 2.09 bits per heavy atom. The number of piperidine rings is 1. The van der Waals surface area contributed by atoms with Crippen LogP contribution in [0.4, 0.5) is 4.79 Å². The maximum Gasteiger partial charge on any atom is 0.326 e. The van der Waals surface area contributed by atoms with Gasteiger partial charge in [0.05, 0.1) is 6.67 Å². The van der Waals surface area contributed by atoms with E-state index in [0.29, 0.717) is 0 Å². The van der Waals surface area contributed by atoms with Crippen LogP contribution < -0.4 is 5.32 Å². The molecule has 1 N–H and O–H groups in total. The number of carbonyl (C=O) groups is 2. The summed E-state index contributed by atoms with van der Waals surface area (Å²) in [6.07, 6.45) is 1.72. The molecule has 0 aliphatic carbocycles. The number of hydrogen-bond donors (Lipinski definition) is 1. The summed E-state index contributed by atoms with van der Waals surface area (Å²) >= 11 is 0. The fraction of sp³-hybridized carbons (Fsp3) is 0.250. The van der Waals surface area contributed by atoms with Gasteiger partial charge in [0.2, 0.25) is 0 Å². The lowest BCUT2D eigenvalue weighted by Crippen LogP contribution is -2.47. The number of oxazole rings is 1. The Hall–Kier alpha value is -3.97. The number of nitrogens with one attached hydrogen (secondary N) is 1. The second-order valence-corrected chi connectivity index (χ2v) is 9.20. The fourth-order valence-corrected chi connectivity index (χ4v) is 5.22. The minimum atomic E-state index is -1.23. The number of aromatic nitrogens is 1. The molecule has 3 heterocycles. The Bertz CT molecular complexity index is 1290. The van der Waals surface area contributed by atoms with Gasteiger partial charge >= 0.3 is 6.03 Å². The highest BCUT2D eigenvalue weighted by atomic mass is 16.3. The molecule has 0 atom stereocenters. The van der Waals surface area contributed by atoms with Crippen molar-refractivity contribution in [2.24, 2.45) is 0 Å². The van der Waals surface area contributed by atoms with Crippen LogP contribution in [0, 0.1) is 0 Å². The first-order valence-electron chi connectivity index (χ1n) is 12.0. The first-order chi connectivity index (χ1) is 17.1. The maximum atomic E-state index is 13.9. The summed E-state index contributed by atoms with van der Waals surface area (Å²) < 4.78 is 5.98. The van der Waals surface area contributed by atoms with E-state index in [1.165, 1.54) is 4.90 Å². The number of nitrogens with zero attached hydrogens (tertiary/aromatic N) is 3. The number of urea groups is 1. The topological polar surface area (TPSA) is 78.7 Å². The molecule has 0 saturated carbocycles. The predicted molar refractivity (Wildman–Crippen MR) is 131 cm³/mol. The van der Waals surface area contributed by atoms with Gasteiger partial charge in [-0.25, -0.2) is 14.7 Å². The number of benzene rings is 3. The lowest BCUT2D eigenvalue weighted by Gasteiger charge is -2.33. The molecule has 0 unspecified atom stereocenters. The van der Waals surface area contributed by atoms with Crippen molar-refractivity contribution >= 4 is 23.0 Å². The smallest absolute Gasteiger partial charge is 0.326 e. The Morgan fingerprint density at radius 2 is 1.46 bits per heavy atom. The van der Waals surface area contributed by atoms with Crippen molar-refractivity contribution < 1.29 is 14.0 Å². The molecule has 0 radical (unpaired) electrons. The zero-order valence-corrected chi connectivity index (χ0v) is 19.3. The molecule has 2 fully saturated rings. The molecule has 7 heteroatoms. The van der Waals surface area contributed by atoms with Crippen LogP contribution in [0.5, 0.6) is 0 Å². The van der Waals surface area contributed by atoms with Gasteiger partial charge in [-0.15, -0.1) is 0 Å². The molecule has 35 heavy (non-hydrogen) atoms. The monoisotopic (exact) mass is 466 g/mol. The third-order valence-corrected chi connectivity index (χ3v) is 7.11. The van der Waals surface area contributed by atoms with E-state index >= 15 is 0 Å². The van der Waals surface area contributed by atoms with Crippen LogP contribution in [0.15, 0.2) is 89.3 Å². The van der Waals surface area contributed by atoms with Gasteiger partial charge in [-0.3, -0.25) is 9.69 Å². The number of carbonyl (C=O) groups excluding carboxylic acids is 2. The second-order valence-electron chi connectivity index (χ2n) is 9.20. The Balaban J connectivity index is 1.20. The van der Waals surface area contributed by atoms with Crippen LogP contribution in [-0.4, -0.2) is 46.5 Å². The number of rotatable bonds is 5. The molecule has 2 aliphatic heterocycles. The third kappa shape index (κ3) is 3.68. The van der Waals surface area contributed by atoms with Gasteiger partial charge in [0.25, 0.3) is 5.91 Å². The quantitative estimate of drug-likeness (QED) is 0.440. The van der Waals surface area contributed by atoms with Crippen molar-refractivity contribution in [3.8, 4) is 0 Å². The van der Waals surface area contributed by atoms with E-state index in [4.69, 9.17) is 4.42 Å². The van der Waals surface area contributed by atoms with Crippen molar-refractivity contribution in [2.75, 3.05) is 19.8 Å². The average Bonchev–Trinajstić information content (AvgIpc) is 3.45. The second kappa shape index (κ2) is 8.67. The molecule has 7 nitrogen and oxygen atoms in total. The molecule has 2 aliphatic rings. The predicted octanol–water partition coefficient (Wildman–Crippen LogP) is 4.46. The Morgan fingerprint density at radius 1 is 0.857 bits per heavy atom. The van der Waals surface area contributed by atoms with Crippen molar-refractivity contribution in [3.63, 3.8) is 0 Å². The van der Waals surface area contributed by atoms with Gasteiger partial charge in [-0.1, -0.05) is 72.8 Å². The largest absolute Gasteiger partial charge is 0.440 e. The molecule has 3 amide bonds. The van der Waals surface area contributed by atoms with E-state index in [0.717, 1.165) is 54.0 Å². The number of imide groups is 1. The first kappa shape index (κ1) is 21.6. The van der Waals surface area contributed by atoms with E-state index in [1.807, 2.05) is 84.9 Å². The van der Waals surface area contributed by atoms with Crippen molar-refractivity contribution in [1.82, 2.24) is 20.1 Å². The highest BCUT2D eigenvalue weighted by molar-refractivity contribution is 6.09. The molecule has 4 aromatic rings.